The van der Waals surface area contributed by atoms with Gasteiger partial charge in [-0.2, -0.15) is 4.98 Å². The van der Waals surface area contributed by atoms with Crippen LogP contribution in [-0.2, 0) is 0 Å². The van der Waals surface area contributed by atoms with Gasteiger partial charge in [0, 0.05) is 11.5 Å². The van der Waals surface area contributed by atoms with Crippen molar-refractivity contribution >= 4 is 5.82 Å². The molecule has 1 aromatic heterocycles. The van der Waals surface area contributed by atoms with Gasteiger partial charge in [-0.25, -0.2) is 4.98 Å². The first-order chi connectivity index (χ1) is 8.83. The van der Waals surface area contributed by atoms with E-state index in [1.807, 2.05) is 6.92 Å². The number of rotatable bonds is 2. The molecule has 19 heavy (non-hydrogen) atoms. The fourth-order valence-electron chi connectivity index (χ4n) is 4.08. The van der Waals surface area contributed by atoms with Gasteiger partial charge in [-0.1, -0.05) is 20.8 Å². The Labute approximate surface area is 114 Å². The maximum absolute atomic E-state index is 6.18. The summed E-state index contributed by atoms with van der Waals surface area (Å²) in [5, 5.41) is 0. The quantitative estimate of drug-likeness (QED) is 0.889. The van der Waals surface area contributed by atoms with Crippen LogP contribution in [0.4, 0.5) is 5.82 Å². The summed E-state index contributed by atoms with van der Waals surface area (Å²) < 4.78 is 6.18. The number of anilines is 1. The zero-order chi connectivity index (χ0) is 13.8. The van der Waals surface area contributed by atoms with Gasteiger partial charge in [-0.15, -0.1) is 0 Å². The topological polar surface area (TPSA) is 61.0 Å². The lowest BCUT2D eigenvalue weighted by Gasteiger charge is -2.38. The second kappa shape index (κ2) is 3.84. The number of nitrogens with two attached hydrogens (primary N) is 1. The van der Waals surface area contributed by atoms with Gasteiger partial charge < -0.3 is 10.5 Å². The molecule has 2 aliphatic rings. The molecule has 2 aliphatic carbocycles. The van der Waals surface area contributed by atoms with Crippen LogP contribution >= 0.6 is 0 Å². The lowest BCUT2D eigenvalue weighted by molar-refractivity contribution is 0.0272. The molecule has 1 aromatic rings. The fraction of sp³-hybridized carbons (Fsp3) is 0.733. The number of fused-ring (bicyclic) bond motifs is 2. The molecule has 0 amide bonds. The summed E-state index contributed by atoms with van der Waals surface area (Å²) in [6, 6.07) is 1.73. The van der Waals surface area contributed by atoms with Crippen molar-refractivity contribution in [1.82, 2.24) is 9.97 Å². The number of nitrogens with zero attached hydrogens (tertiary/aromatic N) is 2. The zero-order valence-electron chi connectivity index (χ0n) is 12.2. The number of hydrogen-bond donors (Lipinski definition) is 1. The van der Waals surface area contributed by atoms with Gasteiger partial charge in [0.15, 0.2) is 0 Å². The van der Waals surface area contributed by atoms with Crippen molar-refractivity contribution in [1.29, 1.82) is 0 Å². The molecular formula is C15H23N3O. The van der Waals surface area contributed by atoms with Gasteiger partial charge in [0.25, 0.3) is 0 Å². The summed E-state index contributed by atoms with van der Waals surface area (Å²) in [7, 11) is 0. The molecule has 1 heterocycles. The van der Waals surface area contributed by atoms with Crippen LogP contribution in [0.3, 0.4) is 0 Å². The van der Waals surface area contributed by atoms with E-state index in [1.165, 1.54) is 12.8 Å². The molecular weight excluding hydrogens is 238 g/mol. The molecule has 2 saturated carbocycles. The second-order valence-electron chi connectivity index (χ2n) is 6.90. The summed E-state index contributed by atoms with van der Waals surface area (Å²) in [5.74, 6) is 2.54. The number of hydrogen-bond acceptors (Lipinski definition) is 4. The molecule has 2 fully saturated rings. The molecule has 0 spiro atoms. The summed E-state index contributed by atoms with van der Waals surface area (Å²) in [4.78, 5) is 8.44. The number of aromatic nitrogens is 2. The van der Waals surface area contributed by atoms with E-state index in [0.29, 0.717) is 22.9 Å². The Balaban J connectivity index is 1.86. The van der Waals surface area contributed by atoms with E-state index < -0.39 is 0 Å². The molecule has 3 rings (SSSR count). The molecule has 3 unspecified atom stereocenters. The van der Waals surface area contributed by atoms with E-state index in [4.69, 9.17) is 10.5 Å². The van der Waals surface area contributed by atoms with Crippen LogP contribution in [0.15, 0.2) is 6.07 Å². The van der Waals surface area contributed by atoms with Crippen molar-refractivity contribution in [2.75, 3.05) is 5.73 Å². The third kappa shape index (κ3) is 1.72. The average Bonchev–Trinajstić information content (AvgIpc) is 2.60. The first-order valence-electron chi connectivity index (χ1n) is 7.11. The van der Waals surface area contributed by atoms with E-state index in [-0.39, 0.29) is 11.5 Å². The van der Waals surface area contributed by atoms with E-state index >= 15 is 0 Å². The first-order valence-corrected chi connectivity index (χ1v) is 7.11. The van der Waals surface area contributed by atoms with Crippen molar-refractivity contribution in [2.24, 2.45) is 16.7 Å². The highest BCUT2D eigenvalue weighted by Gasteiger charge is 2.62. The molecule has 0 aliphatic heterocycles. The summed E-state index contributed by atoms with van der Waals surface area (Å²) in [6.45, 7) is 8.97. The Morgan fingerprint density at radius 3 is 2.58 bits per heavy atom. The molecule has 4 nitrogen and oxygen atoms in total. The van der Waals surface area contributed by atoms with Crippen LogP contribution in [-0.4, -0.2) is 16.1 Å². The van der Waals surface area contributed by atoms with E-state index in [1.54, 1.807) is 6.07 Å². The molecule has 104 valence electrons. The highest BCUT2D eigenvalue weighted by Crippen LogP contribution is 2.66. The fourth-order valence-corrected chi connectivity index (χ4v) is 4.08. The van der Waals surface area contributed by atoms with E-state index in [9.17, 15) is 0 Å². The van der Waals surface area contributed by atoms with Gasteiger partial charge in [0.2, 0.25) is 5.88 Å². The Bertz CT molecular complexity index is 494. The van der Waals surface area contributed by atoms with Crippen LogP contribution in [0.25, 0.3) is 0 Å². The summed E-state index contributed by atoms with van der Waals surface area (Å²) in [6.07, 6.45) is 3.95. The maximum Gasteiger partial charge on any atom is 0.219 e. The minimum Gasteiger partial charge on any atom is -0.474 e. The number of ether oxygens (including phenoxy) is 1. The van der Waals surface area contributed by atoms with Crippen LogP contribution in [0, 0.1) is 23.7 Å². The largest absolute Gasteiger partial charge is 0.474 e. The monoisotopic (exact) mass is 261 g/mol. The van der Waals surface area contributed by atoms with Crippen molar-refractivity contribution in [3.8, 4) is 5.88 Å². The van der Waals surface area contributed by atoms with Gasteiger partial charge in [-0.05, 0) is 37.5 Å². The normalized spacial score (nSPS) is 35.6. The van der Waals surface area contributed by atoms with Gasteiger partial charge >= 0.3 is 0 Å². The lowest BCUT2D eigenvalue weighted by Crippen LogP contribution is -2.39. The van der Waals surface area contributed by atoms with Crippen molar-refractivity contribution in [2.45, 2.75) is 53.1 Å². The predicted molar refractivity (Wildman–Crippen MR) is 74.8 cm³/mol. The van der Waals surface area contributed by atoms with Crippen LogP contribution < -0.4 is 10.5 Å². The van der Waals surface area contributed by atoms with Gasteiger partial charge in [-0.3, -0.25) is 0 Å². The second-order valence-corrected chi connectivity index (χ2v) is 6.90. The summed E-state index contributed by atoms with van der Waals surface area (Å²) >= 11 is 0. The van der Waals surface area contributed by atoms with Crippen molar-refractivity contribution in [3.63, 3.8) is 0 Å². The van der Waals surface area contributed by atoms with Crippen molar-refractivity contribution < 1.29 is 4.74 Å². The minimum absolute atomic E-state index is 0.241. The maximum atomic E-state index is 6.18. The smallest absolute Gasteiger partial charge is 0.219 e. The van der Waals surface area contributed by atoms with Gasteiger partial charge in [0.05, 0.1) is 0 Å². The van der Waals surface area contributed by atoms with Crippen molar-refractivity contribution in [3.05, 3.63) is 11.9 Å². The molecule has 0 radical (unpaired) electrons. The Morgan fingerprint density at radius 1 is 1.32 bits per heavy atom. The molecule has 0 aromatic carbocycles. The van der Waals surface area contributed by atoms with Crippen LogP contribution in [0.2, 0.25) is 0 Å². The molecule has 2 bridgehead atoms. The van der Waals surface area contributed by atoms with E-state index in [2.05, 4.69) is 30.7 Å². The first kappa shape index (κ1) is 12.7. The Hall–Kier alpha value is -1.32. The summed E-state index contributed by atoms with van der Waals surface area (Å²) in [5.41, 5.74) is 6.36. The molecule has 3 atom stereocenters. The van der Waals surface area contributed by atoms with Crippen LogP contribution in [0.1, 0.15) is 45.9 Å². The third-order valence-corrected chi connectivity index (χ3v) is 5.81. The van der Waals surface area contributed by atoms with Crippen LogP contribution in [0.5, 0.6) is 5.88 Å². The average molecular weight is 261 g/mol. The minimum atomic E-state index is 0.241. The molecule has 4 heteroatoms. The standard InChI is InChI=1S/C15H23N3O/c1-9-17-12(16)8-13(18-9)19-11-7-10-5-6-15(11,4)14(10,2)3/h8,10-11H,5-7H2,1-4H3,(H2,16,17,18). The number of aryl methyl sites for hydroxylation is 1. The van der Waals surface area contributed by atoms with Gasteiger partial charge in [0.1, 0.15) is 17.7 Å². The molecule has 2 N–H and O–H groups in total. The highest BCUT2D eigenvalue weighted by atomic mass is 16.5. The number of nitrogen functional groups attached to an aromatic ring is 1. The lowest BCUT2D eigenvalue weighted by atomic mass is 9.70. The zero-order valence-corrected chi connectivity index (χ0v) is 12.2. The Kier molecular flexibility index (Phi) is 2.57. The Morgan fingerprint density at radius 2 is 2.05 bits per heavy atom. The van der Waals surface area contributed by atoms with E-state index in [0.717, 1.165) is 12.3 Å². The SMILES string of the molecule is Cc1nc(N)cc(OC2CC3CCC2(C)C3(C)C)n1. The third-order valence-electron chi connectivity index (χ3n) is 5.81. The molecule has 0 saturated heterocycles. The highest BCUT2D eigenvalue weighted by molar-refractivity contribution is 5.33. The predicted octanol–water partition coefficient (Wildman–Crippen LogP) is 2.96.